The molecule has 82 heavy (non-hydrogen) atoms. The van der Waals surface area contributed by atoms with Gasteiger partial charge in [-0.2, -0.15) is 0 Å². The molecule has 3 fully saturated rings. The molecule has 5 atom stereocenters. The molecule has 3 nitrogen and oxygen atoms in total. The van der Waals surface area contributed by atoms with Crippen LogP contribution in [0.3, 0.4) is 0 Å². The van der Waals surface area contributed by atoms with Crippen molar-refractivity contribution in [3.63, 3.8) is 0 Å². The molecular weight excluding hydrogens is 1010 g/mol. The average Bonchev–Trinajstić information content (AvgIpc) is 3.91. The van der Waals surface area contributed by atoms with E-state index in [0.29, 0.717) is 17.8 Å². The molecule has 0 radical (unpaired) electrons. The fraction of sp³-hybridized carbons (Fsp3) is 0.455. The number of rotatable bonds is 5. The van der Waals surface area contributed by atoms with Crippen molar-refractivity contribution in [1.29, 1.82) is 0 Å². The van der Waals surface area contributed by atoms with Gasteiger partial charge >= 0.3 is 0 Å². The molecule has 5 unspecified atom stereocenters. The number of anilines is 8. The number of fused-ring (bicyclic) bond motifs is 14. The number of nitrogens with zero attached hydrogens (tertiary/aromatic N) is 3. The highest BCUT2D eigenvalue weighted by Gasteiger charge is 2.54. The fourth-order valence-corrected chi connectivity index (χ4v) is 20.7. The Morgan fingerprint density at radius 1 is 0.524 bits per heavy atom. The van der Waals surface area contributed by atoms with Crippen LogP contribution in [0, 0.1) is 28.6 Å². The minimum atomic E-state index is 0.0258. The maximum atomic E-state index is 2.85. The van der Waals surface area contributed by atoms with E-state index in [9.17, 15) is 0 Å². The van der Waals surface area contributed by atoms with Crippen molar-refractivity contribution in [2.24, 2.45) is 28.6 Å². The molecule has 2 aliphatic heterocycles. The zero-order valence-corrected chi connectivity index (χ0v) is 52.4. The van der Waals surface area contributed by atoms with Crippen molar-refractivity contribution in [2.45, 2.75) is 194 Å². The third kappa shape index (κ3) is 7.13. The van der Waals surface area contributed by atoms with Gasteiger partial charge in [0.15, 0.2) is 0 Å². The number of benzene rings is 6. The van der Waals surface area contributed by atoms with Gasteiger partial charge in [-0.1, -0.05) is 150 Å². The SMILES string of the molecule is CC1C=C(N2c3cc4c(cc3B3c5c2cc(N(c2ccccc2)c2ccccc2)cc5N(c2ccc5c(c2)C(C)(C)CCC5(C)C)c2sc5cc6c(cc5c23)C2(C)CCC6(C)CC2)C2(C)CCC(C2)C4C)C=C2C1C(C)(C)CCC2(C)C. The molecule has 17 rings (SSSR count). The summed E-state index contributed by atoms with van der Waals surface area (Å²) >= 11 is 2.09. The Morgan fingerprint density at radius 3 is 1.82 bits per heavy atom. The standard InChI is InChI=1S/C77H86BN3S/c1-46-36-52(38-61-67(46)74(9,10)31-30-73(61,7)8)80-63-42-54-47(2)48-26-27-77(13,45-48)57(54)43-62(63)78-68-55-41-59-60(76(12)34-32-75(59,11)33-35-76)44-66(55)82-70(68)81(51-24-25-56-58(37-51)72(5,6)29-28-71(56,3)4)65-40-53(39-64(80)69(65)78)79(49-20-16-14-17-21-49)50-22-18-15-19-23-50/h14-25,36-44,46-48,67H,26-35,45H2,1-13H3. The second-order valence-electron chi connectivity index (χ2n) is 31.6. The first-order chi connectivity index (χ1) is 39.0. The lowest BCUT2D eigenvalue weighted by molar-refractivity contribution is 0.0966. The lowest BCUT2D eigenvalue weighted by atomic mass is 9.33. The molecule has 418 valence electrons. The smallest absolute Gasteiger partial charge is 0.254 e. The van der Waals surface area contributed by atoms with Crippen LogP contribution >= 0.6 is 11.3 Å². The Balaban J connectivity index is 1.06. The van der Waals surface area contributed by atoms with E-state index < -0.39 is 0 Å². The predicted octanol–water partition coefficient (Wildman–Crippen LogP) is 19.7. The topological polar surface area (TPSA) is 9.72 Å². The normalized spacial score (nSPS) is 29.6. The Bertz CT molecular complexity index is 3900. The summed E-state index contributed by atoms with van der Waals surface area (Å²) in [6.45, 7) is 33.2. The second-order valence-corrected chi connectivity index (χ2v) is 32.6. The Hall–Kier alpha value is -5.78. The third-order valence-electron chi connectivity index (χ3n) is 24.6. The Labute approximate surface area is 495 Å². The zero-order valence-electron chi connectivity index (χ0n) is 51.5. The van der Waals surface area contributed by atoms with E-state index in [4.69, 9.17) is 0 Å². The summed E-state index contributed by atoms with van der Waals surface area (Å²) < 4.78 is 1.46. The fourth-order valence-electron chi connectivity index (χ4n) is 19.4. The molecule has 3 heterocycles. The highest BCUT2D eigenvalue weighted by molar-refractivity contribution is 7.26. The van der Waals surface area contributed by atoms with Crippen LogP contribution in [-0.4, -0.2) is 6.71 Å². The molecule has 1 aromatic heterocycles. The molecule has 5 heteroatoms. The maximum absolute atomic E-state index is 2.85. The van der Waals surface area contributed by atoms with E-state index in [1.807, 2.05) is 0 Å². The van der Waals surface area contributed by atoms with Crippen LogP contribution in [0.5, 0.6) is 0 Å². The van der Waals surface area contributed by atoms with Gasteiger partial charge in [-0.15, -0.1) is 11.3 Å². The van der Waals surface area contributed by atoms with E-state index in [2.05, 4.69) is 243 Å². The van der Waals surface area contributed by atoms with Crippen LogP contribution in [0.1, 0.15) is 200 Å². The minimum absolute atomic E-state index is 0.0258. The van der Waals surface area contributed by atoms with E-state index >= 15 is 0 Å². The van der Waals surface area contributed by atoms with E-state index in [1.165, 1.54) is 159 Å². The van der Waals surface area contributed by atoms with Gasteiger partial charge in [-0.3, -0.25) is 0 Å². The van der Waals surface area contributed by atoms with E-state index in [1.54, 1.807) is 27.8 Å². The van der Waals surface area contributed by atoms with Crippen molar-refractivity contribution in [3.05, 3.63) is 172 Å². The molecule has 0 saturated heterocycles. The van der Waals surface area contributed by atoms with Crippen LogP contribution in [-0.2, 0) is 27.1 Å². The van der Waals surface area contributed by atoms with Crippen LogP contribution in [0.2, 0.25) is 0 Å². The average molecular weight is 1100 g/mol. The first-order valence-electron chi connectivity index (χ1n) is 32.0. The predicted molar refractivity (Wildman–Crippen MR) is 352 cm³/mol. The molecular formula is C77H86BN3S. The van der Waals surface area contributed by atoms with Gasteiger partial charge in [0.1, 0.15) is 0 Å². The molecule has 4 bridgehead atoms. The summed E-state index contributed by atoms with van der Waals surface area (Å²) in [5, 5.41) is 2.89. The van der Waals surface area contributed by atoms with Crippen LogP contribution in [0.15, 0.2) is 139 Å². The lowest BCUT2D eigenvalue weighted by Crippen LogP contribution is -2.62. The largest absolute Gasteiger partial charge is 0.312 e. The molecule has 0 amide bonds. The molecule has 6 aromatic carbocycles. The van der Waals surface area contributed by atoms with E-state index in [0.717, 1.165) is 5.92 Å². The van der Waals surface area contributed by atoms with Crippen molar-refractivity contribution in [3.8, 4) is 0 Å². The van der Waals surface area contributed by atoms with Crippen LogP contribution < -0.4 is 31.1 Å². The molecule has 0 spiro atoms. The highest BCUT2D eigenvalue weighted by atomic mass is 32.1. The maximum Gasteiger partial charge on any atom is 0.254 e. The van der Waals surface area contributed by atoms with Crippen molar-refractivity contribution < 1.29 is 0 Å². The van der Waals surface area contributed by atoms with Crippen molar-refractivity contribution >= 4 is 89.3 Å². The van der Waals surface area contributed by atoms with Gasteiger partial charge in [-0.05, 0) is 260 Å². The van der Waals surface area contributed by atoms with Gasteiger partial charge in [0.05, 0.1) is 10.7 Å². The summed E-state index contributed by atoms with van der Waals surface area (Å²) in [5.41, 5.74) is 26.9. The second kappa shape index (κ2) is 17.0. The number of allylic oxidation sites excluding steroid dienone is 3. The van der Waals surface area contributed by atoms with Gasteiger partial charge in [-0.25, -0.2) is 0 Å². The van der Waals surface area contributed by atoms with Crippen molar-refractivity contribution in [2.75, 3.05) is 14.7 Å². The quantitative estimate of drug-likeness (QED) is 0.159. The van der Waals surface area contributed by atoms with Gasteiger partial charge in [0.25, 0.3) is 6.71 Å². The number of hydrogen-bond acceptors (Lipinski definition) is 4. The summed E-state index contributed by atoms with van der Waals surface area (Å²) in [6, 6.07) is 46.6. The third-order valence-corrected chi connectivity index (χ3v) is 25.8. The zero-order chi connectivity index (χ0) is 56.6. The first-order valence-corrected chi connectivity index (χ1v) is 32.9. The molecule has 0 N–H and O–H groups in total. The minimum Gasteiger partial charge on any atom is -0.312 e. The summed E-state index contributed by atoms with van der Waals surface area (Å²) in [6.07, 6.45) is 19.3. The summed E-state index contributed by atoms with van der Waals surface area (Å²) in [4.78, 5) is 8.21. The molecule has 3 saturated carbocycles. The van der Waals surface area contributed by atoms with Gasteiger partial charge in [0.2, 0.25) is 0 Å². The lowest BCUT2D eigenvalue weighted by Gasteiger charge is -2.53. The van der Waals surface area contributed by atoms with Crippen molar-refractivity contribution in [1.82, 2.24) is 0 Å². The van der Waals surface area contributed by atoms with Crippen LogP contribution in [0.25, 0.3) is 10.1 Å². The summed E-state index contributed by atoms with van der Waals surface area (Å²) in [5.74, 6) is 2.09. The van der Waals surface area contributed by atoms with Crippen LogP contribution in [0.4, 0.5) is 44.8 Å². The molecule has 8 aliphatic carbocycles. The monoisotopic (exact) mass is 1100 g/mol. The molecule has 10 aliphatic rings. The number of thiophene rings is 1. The summed E-state index contributed by atoms with van der Waals surface area (Å²) in [7, 11) is 0. The highest BCUT2D eigenvalue weighted by Crippen LogP contribution is 2.62. The first kappa shape index (κ1) is 51.8. The Morgan fingerprint density at radius 2 is 1.15 bits per heavy atom. The van der Waals surface area contributed by atoms with Gasteiger partial charge in [0, 0.05) is 44.5 Å². The van der Waals surface area contributed by atoms with Gasteiger partial charge < -0.3 is 14.7 Å². The number of para-hydroxylation sites is 2. The molecule has 7 aromatic rings. The van der Waals surface area contributed by atoms with E-state index in [-0.39, 0.29) is 44.6 Å². The Kier molecular flexibility index (Phi) is 10.7. The number of hydrogen-bond donors (Lipinski definition) is 0.